The molecule has 1 aromatic heterocycles. The topological polar surface area (TPSA) is 12.0 Å². The molecule has 0 spiro atoms. The molecule has 1 nitrogen and oxygen atoms in total. The monoisotopic (exact) mass is 239 g/mol. The Kier molecular flexibility index (Phi) is 6.07. The average molecular weight is 239 g/mol. The second-order valence-electron chi connectivity index (χ2n) is 4.66. The van der Waals surface area contributed by atoms with Crippen molar-refractivity contribution in [1.82, 2.24) is 5.32 Å². The molecule has 0 saturated carbocycles. The second kappa shape index (κ2) is 7.08. The molecule has 0 aliphatic carbocycles. The Hall–Kier alpha value is -0.340. The molecule has 2 unspecified atom stereocenters. The van der Waals surface area contributed by atoms with Gasteiger partial charge in [-0.1, -0.05) is 27.2 Å². The van der Waals surface area contributed by atoms with Crippen molar-refractivity contribution in [3.8, 4) is 0 Å². The summed E-state index contributed by atoms with van der Waals surface area (Å²) < 4.78 is 0. The van der Waals surface area contributed by atoms with E-state index in [9.17, 15) is 0 Å². The fourth-order valence-corrected chi connectivity index (χ4v) is 2.96. The maximum absolute atomic E-state index is 3.45. The third-order valence-corrected chi connectivity index (χ3v) is 4.56. The first-order valence-electron chi connectivity index (χ1n) is 6.44. The van der Waals surface area contributed by atoms with Crippen LogP contribution in [-0.4, -0.2) is 13.1 Å². The van der Waals surface area contributed by atoms with Gasteiger partial charge in [0.25, 0.3) is 0 Å². The van der Waals surface area contributed by atoms with Crippen molar-refractivity contribution in [3.05, 3.63) is 21.9 Å². The van der Waals surface area contributed by atoms with Gasteiger partial charge in [-0.25, -0.2) is 0 Å². The highest BCUT2D eigenvalue weighted by atomic mass is 32.1. The number of likely N-dealkylation sites (N-methyl/N-ethyl adjacent to an activating group) is 1. The van der Waals surface area contributed by atoms with Crippen molar-refractivity contribution in [2.75, 3.05) is 7.05 Å². The molecule has 16 heavy (non-hydrogen) atoms. The molecular formula is C14H25NS. The molecule has 0 saturated heterocycles. The van der Waals surface area contributed by atoms with Crippen molar-refractivity contribution in [2.45, 2.75) is 52.5 Å². The molecule has 1 rings (SSSR count). The van der Waals surface area contributed by atoms with Gasteiger partial charge in [-0.05, 0) is 44.4 Å². The molecule has 1 heterocycles. The summed E-state index contributed by atoms with van der Waals surface area (Å²) in [5, 5.41) is 3.45. The summed E-state index contributed by atoms with van der Waals surface area (Å²) in [6.07, 6.45) is 4.92. The van der Waals surface area contributed by atoms with Crippen LogP contribution >= 0.6 is 11.3 Å². The van der Waals surface area contributed by atoms with E-state index in [1.54, 1.807) is 0 Å². The van der Waals surface area contributed by atoms with Crippen molar-refractivity contribution in [3.63, 3.8) is 0 Å². The van der Waals surface area contributed by atoms with Crippen LogP contribution in [0, 0.1) is 5.92 Å². The molecule has 92 valence electrons. The van der Waals surface area contributed by atoms with E-state index in [-0.39, 0.29) is 0 Å². The van der Waals surface area contributed by atoms with Gasteiger partial charge in [0.1, 0.15) is 0 Å². The van der Waals surface area contributed by atoms with Crippen molar-refractivity contribution in [2.24, 2.45) is 5.92 Å². The van der Waals surface area contributed by atoms with Gasteiger partial charge in [0.2, 0.25) is 0 Å². The fourth-order valence-electron chi connectivity index (χ4n) is 1.92. The lowest BCUT2D eigenvalue weighted by Gasteiger charge is -2.19. The molecule has 2 atom stereocenters. The first-order valence-corrected chi connectivity index (χ1v) is 7.26. The lowest BCUT2D eigenvalue weighted by atomic mass is 9.97. The molecule has 0 aromatic carbocycles. The van der Waals surface area contributed by atoms with E-state index >= 15 is 0 Å². The number of aryl methyl sites for hydroxylation is 1. The zero-order valence-electron chi connectivity index (χ0n) is 11.0. The van der Waals surface area contributed by atoms with Gasteiger partial charge < -0.3 is 5.32 Å². The average Bonchev–Trinajstić information content (AvgIpc) is 2.75. The van der Waals surface area contributed by atoms with Crippen molar-refractivity contribution in [1.29, 1.82) is 0 Å². The minimum absolute atomic E-state index is 0.637. The predicted octanol–water partition coefficient (Wildman–Crippen LogP) is 3.88. The lowest BCUT2D eigenvalue weighted by molar-refractivity contribution is 0.412. The van der Waals surface area contributed by atoms with Gasteiger partial charge in [-0.2, -0.15) is 0 Å². The van der Waals surface area contributed by atoms with Gasteiger partial charge in [0, 0.05) is 15.8 Å². The Morgan fingerprint density at radius 1 is 1.25 bits per heavy atom. The fraction of sp³-hybridized carbons (Fsp3) is 0.714. The first kappa shape index (κ1) is 13.7. The molecule has 0 aliphatic rings. The van der Waals surface area contributed by atoms with Crippen LogP contribution in [0.25, 0.3) is 0 Å². The Balaban J connectivity index is 2.49. The standard InChI is InChI=1S/C14H25NS/c1-5-11(3)9-12(15-4)10-14-8-7-13(6-2)16-14/h7-8,11-12,15H,5-6,9-10H2,1-4H3. The number of thiophene rings is 1. The smallest absolute Gasteiger partial charge is 0.0115 e. The second-order valence-corrected chi connectivity index (χ2v) is 5.91. The summed E-state index contributed by atoms with van der Waals surface area (Å²) in [7, 11) is 2.08. The van der Waals surface area contributed by atoms with E-state index in [1.165, 1.54) is 35.4 Å². The van der Waals surface area contributed by atoms with Crippen LogP contribution in [-0.2, 0) is 12.8 Å². The Labute approximate surface area is 104 Å². The molecule has 0 radical (unpaired) electrons. The largest absolute Gasteiger partial charge is 0.317 e. The van der Waals surface area contributed by atoms with Crippen molar-refractivity contribution < 1.29 is 0 Å². The lowest BCUT2D eigenvalue weighted by Crippen LogP contribution is -2.29. The normalized spacial score (nSPS) is 15.0. The van der Waals surface area contributed by atoms with E-state index < -0.39 is 0 Å². The van der Waals surface area contributed by atoms with Crippen LogP contribution in [0.2, 0.25) is 0 Å². The molecule has 0 fully saturated rings. The van der Waals surface area contributed by atoms with E-state index in [4.69, 9.17) is 0 Å². The van der Waals surface area contributed by atoms with Crippen LogP contribution < -0.4 is 5.32 Å². The van der Waals surface area contributed by atoms with Crippen LogP contribution in [0.5, 0.6) is 0 Å². The highest BCUT2D eigenvalue weighted by molar-refractivity contribution is 7.11. The molecule has 1 aromatic rings. The molecule has 1 N–H and O–H groups in total. The quantitative estimate of drug-likeness (QED) is 0.761. The first-order chi connectivity index (χ1) is 7.69. The summed E-state index contributed by atoms with van der Waals surface area (Å²) >= 11 is 1.97. The SMILES string of the molecule is CCc1ccc(CC(CC(C)CC)NC)s1. The molecule has 0 aliphatic heterocycles. The van der Waals surface area contributed by atoms with E-state index in [1.807, 2.05) is 11.3 Å². The van der Waals surface area contributed by atoms with Gasteiger partial charge in [0.05, 0.1) is 0 Å². The Morgan fingerprint density at radius 2 is 1.94 bits per heavy atom. The minimum atomic E-state index is 0.637. The van der Waals surface area contributed by atoms with Crippen LogP contribution in [0.1, 0.15) is 43.4 Å². The van der Waals surface area contributed by atoms with E-state index in [0.29, 0.717) is 6.04 Å². The number of nitrogens with one attached hydrogen (secondary N) is 1. The third kappa shape index (κ3) is 4.26. The summed E-state index contributed by atoms with van der Waals surface area (Å²) in [4.78, 5) is 3.04. The predicted molar refractivity (Wildman–Crippen MR) is 74.3 cm³/mol. The Bertz CT molecular complexity index is 293. The van der Waals surface area contributed by atoms with E-state index in [0.717, 1.165) is 5.92 Å². The van der Waals surface area contributed by atoms with Crippen LogP contribution in [0.15, 0.2) is 12.1 Å². The summed E-state index contributed by atoms with van der Waals surface area (Å²) in [5.41, 5.74) is 0. The Morgan fingerprint density at radius 3 is 2.44 bits per heavy atom. The maximum atomic E-state index is 3.45. The third-order valence-electron chi connectivity index (χ3n) is 3.31. The van der Waals surface area contributed by atoms with Gasteiger partial charge >= 0.3 is 0 Å². The molecule has 2 heteroatoms. The van der Waals surface area contributed by atoms with Crippen LogP contribution in [0.4, 0.5) is 0 Å². The van der Waals surface area contributed by atoms with Gasteiger partial charge in [-0.3, -0.25) is 0 Å². The van der Waals surface area contributed by atoms with Crippen molar-refractivity contribution >= 4 is 11.3 Å². The zero-order chi connectivity index (χ0) is 12.0. The zero-order valence-corrected chi connectivity index (χ0v) is 11.9. The molecule has 0 amide bonds. The summed E-state index contributed by atoms with van der Waals surface area (Å²) in [5.74, 6) is 0.822. The summed E-state index contributed by atoms with van der Waals surface area (Å²) in [6.45, 7) is 6.85. The number of hydrogen-bond donors (Lipinski definition) is 1. The van der Waals surface area contributed by atoms with E-state index in [2.05, 4.69) is 45.3 Å². The molecular weight excluding hydrogens is 214 g/mol. The summed E-state index contributed by atoms with van der Waals surface area (Å²) in [6, 6.07) is 5.21. The van der Waals surface area contributed by atoms with Gasteiger partial charge in [0.15, 0.2) is 0 Å². The molecule has 0 bridgehead atoms. The number of rotatable bonds is 7. The number of hydrogen-bond acceptors (Lipinski definition) is 2. The van der Waals surface area contributed by atoms with Crippen LogP contribution in [0.3, 0.4) is 0 Å². The highest BCUT2D eigenvalue weighted by Crippen LogP contribution is 2.20. The highest BCUT2D eigenvalue weighted by Gasteiger charge is 2.12. The maximum Gasteiger partial charge on any atom is 0.0115 e. The van der Waals surface area contributed by atoms with Gasteiger partial charge in [-0.15, -0.1) is 11.3 Å². The minimum Gasteiger partial charge on any atom is -0.317 e.